The van der Waals surface area contributed by atoms with E-state index in [0.717, 1.165) is 29.7 Å². The van der Waals surface area contributed by atoms with Crippen LogP contribution >= 0.6 is 0 Å². The molecule has 3 heterocycles. The largest absolute Gasteiger partial charge is 0.357 e. The molecule has 1 fully saturated rings. The fourth-order valence-corrected chi connectivity index (χ4v) is 5.50. The summed E-state index contributed by atoms with van der Waals surface area (Å²) in [5.41, 5.74) is 3.26. The van der Waals surface area contributed by atoms with E-state index >= 15 is 0 Å². The van der Waals surface area contributed by atoms with Crippen molar-refractivity contribution in [2.45, 2.75) is 57.3 Å². The standard InChI is InChI=1S/C28H31FN6O3/c1-3-24(36)31-20-10-11-21(13-20)32-27(37)25-22-16-34(28(38)23-5-4-12-30-23)14-17(2)26(22)35(33-25)15-18-6-8-19(29)9-7-18/h3-9,12,17,20-21,30H,1,10-11,13-16H2,2H3,(H,31,36)(H,32,37)/t17-,20?,21?/m1/s1. The molecule has 38 heavy (non-hydrogen) atoms. The number of benzene rings is 1. The first-order valence-corrected chi connectivity index (χ1v) is 12.8. The fraction of sp³-hybridized carbons (Fsp3) is 0.357. The number of carbonyl (C=O) groups excluding carboxylic acids is 3. The van der Waals surface area contributed by atoms with E-state index < -0.39 is 0 Å². The van der Waals surface area contributed by atoms with Crippen LogP contribution < -0.4 is 10.6 Å². The Morgan fingerprint density at radius 1 is 1.16 bits per heavy atom. The van der Waals surface area contributed by atoms with Crippen LogP contribution in [0.25, 0.3) is 0 Å². The summed E-state index contributed by atoms with van der Waals surface area (Å²) in [5.74, 6) is -1.06. The predicted octanol–water partition coefficient (Wildman–Crippen LogP) is 3.11. The van der Waals surface area contributed by atoms with E-state index in [2.05, 4.69) is 22.2 Å². The van der Waals surface area contributed by atoms with Gasteiger partial charge in [-0.15, -0.1) is 0 Å². The SMILES string of the molecule is C=CC(=O)NC1CCC(NC(=O)c2nn(Cc3ccc(F)cc3)c3c2CN(C(=O)c2ccc[nH]2)C[C@H]3C)C1. The molecule has 2 aliphatic rings. The maximum absolute atomic E-state index is 13.5. The van der Waals surface area contributed by atoms with Gasteiger partial charge in [0.1, 0.15) is 11.5 Å². The molecule has 9 nitrogen and oxygen atoms in total. The Kier molecular flexibility index (Phi) is 7.13. The van der Waals surface area contributed by atoms with Gasteiger partial charge in [0.15, 0.2) is 5.69 Å². The van der Waals surface area contributed by atoms with Crippen molar-refractivity contribution in [3.63, 3.8) is 0 Å². The molecule has 1 saturated carbocycles. The number of halogens is 1. The van der Waals surface area contributed by atoms with Crippen molar-refractivity contribution in [2.75, 3.05) is 6.54 Å². The van der Waals surface area contributed by atoms with Crippen LogP contribution in [0.3, 0.4) is 0 Å². The van der Waals surface area contributed by atoms with E-state index in [-0.39, 0.29) is 53.8 Å². The summed E-state index contributed by atoms with van der Waals surface area (Å²) in [6, 6.07) is 9.59. The molecule has 0 saturated heterocycles. The highest BCUT2D eigenvalue weighted by molar-refractivity contribution is 5.96. The second-order valence-electron chi connectivity index (χ2n) is 10.1. The number of nitrogens with one attached hydrogen (secondary N) is 3. The lowest BCUT2D eigenvalue weighted by atomic mass is 9.95. The number of carbonyl (C=O) groups is 3. The quantitative estimate of drug-likeness (QED) is 0.417. The zero-order valence-electron chi connectivity index (χ0n) is 21.2. The van der Waals surface area contributed by atoms with Crippen LogP contribution in [0.1, 0.15) is 69.9 Å². The lowest BCUT2D eigenvalue weighted by Crippen LogP contribution is -2.40. The lowest BCUT2D eigenvalue weighted by molar-refractivity contribution is -0.117. The lowest BCUT2D eigenvalue weighted by Gasteiger charge is -2.32. The summed E-state index contributed by atoms with van der Waals surface area (Å²) in [5, 5.41) is 10.7. The summed E-state index contributed by atoms with van der Waals surface area (Å²) < 4.78 is 15.3. The van der Waals surface area contributed by atoms with Gasteiger partial charge >= 0.3 is 0 Å². The first-order chi connectivity index (χ1) is 18.3. The number of aromatic nitrogens is 3. The Balaban J connectivity index is 1.41. The molecule has 3 amide bonds. The van der Waals surface area contributed by atoms with Crippen LogP contribution in [0.4, 0.5) is 4.39 Å². The minimum atomic E-state index is -0.317. The molecule has 3 atom stereocenters. The highest BCUT2D eigenvalue weighted by Gasteiger charge is 2.36. The van der Waals surface area contributed by atoms with E-state index in [1.54, 1.807) is 40.0 Å². The van der Waals surface area contributed by atoms with E-state index in [4.69, 9.17) is 5.10 Å². The summed E-state index contributed by atoms with van der Waals surface area (Å²) in [6.07, 6.45) is 5.07. The molecule has 1 aliphatic carbocycles. The number of hydrogen-bond acceptors (Lipinski definition) is 4. The maximum Gasteiger partial charge on any atom is 0.272 e. The van der Waals surface area contributed by atoms with Crippen LogP contribution in [-0.4, -0.2) is 56.0 Å². The molecular formula is C28H31FN6O3. The van der Waals surface area contributed by atoms with Gasteiger partial charge in [-0.25, -0.2) is 4.39 Å². The molecule has 0 spiro atoms. The van der Waals surface area contributed by atoms with Crippen molar-refractivity contribution < 1.29 is 18.8 Å². The third-order valence-electron chi connectivity index (χ3n) is 7.28. The number of fused-ring (bicyclic) bond motifs is 1. The Morgan fingerprint density at radius 2 is 1.89 bits per heavy atom. The van der Waals surface area contributed by atoms with Gasteiger partial charge in [-0.3, -0.25) is 19.1 Å². The second kappa shape index (κ2) is 10.6. The van der Waals surface area contributed by atoms with Gasteiger partial charge < -0.3 is 20.5 Å². The molecule has 0 bridgehead atoms. The molecule has 1 aliphatic heterocycles. The fourth-order valence-electron chi connectivity index (χ4n) is 5.50. The minimum Gasteiger partial charge on any atom is -0.357 e. The van der Waals surface area contributed by atoms with Crippen LogP contribution in [0.15, 0.2) is 55.3 Å². The van der Waals surface area contributed by atoms with E-state index in [9.17, 15) is 18.8 Å². The van der Waals surface area contributed by atoms with Gasteiger partial charge in [-0.05, 0) is 55.2 Å². The summed E-state index contributed by atoms with van der Waals surface area (Å²) in [4.78, 5) is 43.0. The van der Waals surface area contributed by atoms with E-state index in [0.29, 0.717) is 25.2 Å². The number of H-pyrrole nitrogens is 1. The first kappa shape index (κ1) is 25.4. The molecule has 2 aromatic heterocycles. The Morgan fingerprint density at radius 3 is 2.58 bits per heavy atom. The van der Waals surface area contributed by atoms with Gasteiger partial charge in [-0.1, -0.05) is 25.6 Å². The van der Waals surface area contributed by atoms with Crippen LogP contribution in [0.2, 0.25) is 0 Å². The maximum atomic E-state index is 13.5. The highest BCUT2D eigenvalue weighted by atomic mass is 19.1. The molecule has 3 aromatic rings. The zero-order valence-corrected chi connectivity index (χ0v) is 21.2. The highest BCUT2D eigenvalue weighted by Crippen LogP contribution is 2.32. The van der Waals surface area contributed by atoms with Crippen molar-refractivity contribution in [1.82, 2.24) is 30.3 Å². The number of amides is 3. The summed E-state index contributed by atoms with van der Waals surface area (Å²) in [6.45, 7) is 6.62. The van der Waals surface area contributed by atoms with Gasteiger partial charge in [0.25, 0.3) is 11.8 Å². The second-order valence-corrected chi connectivity index (χ2v) is 10.1. The number of hydrogen-bond donors (Lipinski definition) is 3. The normalized spacial score (nSPS) is 20.6. The zero-order chi connectivity index (χ0) is 26.8. The Bertz CT molecular complexity index is 1350. The Hall–Kier alpha value is -4.21. The summed E-state index contributed by atoms with van der Waals surface area (Å²) in [7, 11) is 0. The average molecular weight is 519 g/mol. The van der Waals surface area contributed by atoms with Crippen LogP contribution in [0, 0.1) is 5.82 Å². The van der Waals surface area contributed by atoms with Crippen LogP contribution in [0.5, 0.6) is 0 Å². The van der Waals surface area contributed by atoms with Crippen molar-refractivity contribution >= 4 is 17.7 Å². The van der Waals surface area contributed by atoms with Gasteiger partial charge in [-0.2, -0.15) is 5.10 Å². The third-order valence-corrected chi connectivity index (χ3v) is 7.28. The third kappa shape index (κ3) is 5.25. The number of aromatic amines is 1. The van der Waals surface area contributed by atoms with Crippen molar-refractivity contribution in [3.05, 3.63) is 89.3 Å². The molecule has 5 rings (SSSR count). The molecule has 0 radical (unpaired) electrons. The predicted molar refractivity (Wildman–Crippen MR) is 139 cm³/mol. The van der Waals surface area contributed by atoms with Gasteiger partial charge in [0.05, 0.1) is 13.1 Å². The molecular weight excluding hydrogens is 487 g/mol. The molecule has 198 valence electrons. The van der Waals surface area contributed by atoms with Crippen molar-refractivity contribution in [1.29, 1.82) is 0 Å². The van der Waals surface area contributed by atoms with E-state index in [1.165, 1.54) is 18.2 Å². The Labute approximate surface area is 220 Å². The molecule has 1 aromatic carbocycles. The minimum absolute atomic E-state index is 0.0234. The van der Waals surface area contributed by atoms with E-state index in [1.807, 2.05) is 6.92 Å². The average Bonchev–Trinajstić information content (AvgIpc) is 3.66. The number of rotatable bonds is 7. The monoisotopic (exact) mass is 518 g/mol. The molecule has 2 unspecified atom stereocenters. The van der Waals surface area contributed by atoms with Gasteiger partial charge in [0.2, 0.25) is 5.91 Å². The summed E-state index contributed by atoms with van der Waals surface area (Å²) >= 11 is 0. The van der Waals surface area contributed by atoms with Gasteiger partial charge in [0, 0.05) is 42.0 Å². The first-order valence-electron chi connectivity index (χ1n) is 12.8. The molecule has 10 heteroatoms. The van der Waals surface area contributed by atoms with Crippen molar-refractivity contribution in [3.8, 4) is 0 Å². The number of nitrogens with zero attached hydrogens (tertiary/aromatic N) is 3. The van der Waals surface area contributed by atoms with Crippen LogP contribution in [-0.2, 0) is 17.9 Å². The van der Waals surface area contributed by atoms with Crippen molar-refractivity contribution in [2.24, 2.45) is 0 Å². The topological polar surface area (TPSA) is 112 Å². The molecule has 3 N–H and O–H groups in total. The smallest absolute Gasteiger partial charge is 0.272 e.